The maximum absolute atomic E-state index is 14.0. The number of carbonyl (C=O) groups excluding carboxylic acids is 1. The average molecular weight is 519 g/mol. The van der Waals surface area contributed by atoms with Crippen molar-refractivity contribution in [3.63, 3.8) is 0 Å². The van der Waals surface area contributed by atoms with Crippen molar-refractivity contribution in [3.8, 4) is 17.2 Å². The molecule has 4 aliphatic carbocycles. The van der Waals surface area contributed by atoms with E-state index in [1.807, 2.05) is 19.1 Å². The van der Waals surface area contributed by atoms with Crippen LogP contribution in [0.4, 0.5) is 5.69 Å². The number of amides is 1. The molecule has 0 unspecified atom stereocenters. The van der Waals surface area contributed by atoms with E-state index in [1.54, 1.807) is 13.2 Å². The van der Waals surface area contributed by atoms with Crippen LogP contribution < -0.4 is 9.64 Å². The second-order valence-electron chi connectivity index (χ2n) is 11.9. The van der Waals surface area contributed by atoms with Gasteiger partial charge in [-0.2, -0.15) is 4.98 Å². The van der Waals surface area contributed by atoms with Gasteiger partial charge in [-0.25, -0.2) is 0 Å². The summed E-state index contributed by atoms with van der Waals surface area (Å²) in [7, 11) is 1.56. The van der Waals surface area contributed by atoms with Crippen LogP contribution in [0.3, 0.4) is 0 Å². The monoisotopic (exact) mass is 518 g/mol. The van der Waals surface area contributed by atoms with Crippen molar-refractivity contribution in [3.05, 3.63) is 42.0 Å². The largest absolute Gasteiger partial charge is 0.467 e. The fourth-order valence-electron chi connectivity index (χ4n) is 7.06. The van der Waals surface area contributed by atoms with Gasteiger partial charge in [0, 0.05) is 29.6 Å². The van der Waals surface area contributed by atoms with Crippen LogP contribution in [0.5, 0.6) is 5.95 Å². The van der Waals surface area contributed by atoms with E-state index in [1.165, 1.54) is 19.3 Å². The number of anilines is 1. The van der Waals surface area contributed by atoms with Crippen LogP contribution in [0.2, 0.25) is 0 Å². The van der Waals surface area contributed by atoms with E-state index in [4.69, 9.17) is 13.8 Å². The molecule has 2 heterocycles. The summed E-state index contributed by atoms with van der Waals surface area (Å²) in [5, 5.41) is 8.23. The highest BCUT2D eigenvalue weighted by atomic mass is 16.6. The topological polar surface area (TPSA) is 94.5 Å². The predicted octanol–water partition coefficient (Wildman–Crippen LogP) is 6.64. The fraction of sp³-hybridized carbons (Fsp3) is 0.600. The number of benzene rings is 1. The molecule has 1 aromatic carbocycles. The Balaban J connectivity index is 1.26. The van der Waals surface area contributed by atoms with Gasteiger partial charge in [0.15, 0.2) is 5.82 Å². The molecule has 0 spiro atoms. The molecule has 7 rings (SSSR count). The highest BCUT2D eigenvalue weighted by Gasteiger charge is 2.53. The molecule has 4 saturated carbocycles. The molecule has 0 aliphatic heterocycles. The lowest BCUT2D eigenvalue weighted by Crippen LogP contribution is -2.51. The average Bonchev–Trinajstić information content (AvgIpc) is 3.63. The highest BCUT2D eigenvalue weighted by molar-refractivity contribution is 5.94. The van der Waals surface area contributed by atoms with Gasteiger partial charge in [0.25, 0.3) is 0 Å². The Bertz CT molecular complexity index is 1250. The lowest BCUT2D eigenvalue weighted by Gasteiger charge is -2.53. The van der Waals surface area contributed by atoms with Crippen LogP contribution in [-0.2, 0) is 10.2 Å². The Morgan fingerprint density at radius 3 is 2.45 bits per heavy atom. The minimum atomic E-state index is 0.00582. The first-order valence-corrected chi connectivity index (χ1v) is 14.2. The zero-order valence-electron chi connectivity index (χ0n) is 22.6. The zero-order chi connectivity index (χ0) is 26.2. The minimum absolute atomic E-state index is 0.00582. The summed E-state index contributed by atoms with van der Waals surface area (Å²) in [4.78, 5) is 20.7. The van der Waals surface area contributed by atoms with E-state index in [9.17, 15) is 4.79 Å². The lowest BCUT2D eigenvalue weighted by atomic mass is 9.53. The third kappa shape index (κ3) is 4.85. The second kappa shape index (κ2) is 10.2. The Hall–Kier alpha value is -3.16. The summed E-state index contributed by atoms with van der Waals surface area (Å²) in [6.07, 6.45) is 13.1. The minimum Gasteiger partial charge on any atom is -0.467 e. The molecule has 38 heavy (non-hydrogen) atoms. The van der Waals surface area contributed by atoms with Gasteiger partial charge >= 0.3 is 5.95 Å². The molecule has 2 bridgehead atoms. The maximum Gasteiger partial charge on any atom is 0.311 e. The van der Waals surface area contributed by atoms with Crippen molar-refractivity contribution in [2.24, 2.45) is 11.3 Å². The van der Waals surface area contributed by atoms with Crippen molar-refractivity contribution in [1.29, 1.82) is 0 Å². The van der Waals surface area contributed by atoms with Gasteiger partial charge in [-0.1, -0.05) is 41.7 Å². The summed E-state index contributed by atoms with van der Waals surface area (Å²) in [5.41, 5.74) is 2.68. The van der Waals surface area contributed by atoms with Crippen molar-refractivity contribution in [2.45, 2.75) is 89.4 Å². The van der Waals surface area contributed by atoms with E-state index in [0.29, 0.717) is 29.8 Å². The van der Waals surface area contributed by atoms with Crippen LogP contribution in [0.1, 0.15) is 88.8 Å². The lowest BCUT2D eigenvalue weighted by molar-refractivity contribution is -0.120. The zero-order valence-corrected chi connectivity index (χ0v) is 22.6. The summed E-state index contributed by atoms with van der Waals surface area (Å²) in [5.74, 6) is 2.63. The number of ether oxygens (including phenoxy) is 1. The molecule has 2 aromatic heterocycles. The molecule has 8 nitrogen and oxygen atoms in total. The van der Waals surface area contributed by atoms with Gasteiger partial charge < -0.3 is 18.7 Å². The van der Waals surface area contributed by atoms with Crippen LogP contribution >= 0.6 is 0 Å². The SMILES string of the molecule is COc1cc(-c2cccc(N(CC34CCC(c5nc(C)no5)(CC3)CC4)C(=O)CC3CCCCC3)c2)no1. The van der Waals surface area contributed by atoms with Crippen molar-refractivity contribution >= 4 is 11.6 Å². The van der Waals surface area contributed by atoms with Crippen molar-refractivity contribution in [1.82, 2.24) is 15.3 Å². The standard InChI is InChI=1S/C30H38N4O4/c1-21-31-28(38-32-21)30-14-11-29(12-15-30,13-16-30)20-34(26(35)17-22-7-4-3-5-8-22)24-10-6-9-23(18-24)25-19-27(36-2)37-33-25/h6,9-10,18-19,22H,3-5,7-8,11-17,20H2,1-2H3. The number of aromatic nitrogens is 3. The van der Waals surface area contributed by atoms with Crippen LogP contribution in [0, 0.1) is 18.3 Å². The van der Waals surface area contributed by atoms with Crippen LogP contribution in [0.15, 0.2) is 39.4 Å². The first-order chi connectivity index (χ1) is 18.5. The third-order valence-corrected chi connectivity index (χ3v) is 9.51. The van der Waals surface area contributed by atoms with E-state index < -0.39 is 0 Å². The van der Waals surface area contributed by atoms with Gasteiger partial charge in [-0.15, -0.1) is 0 Å². The number of rotatable bonds is 8. The van der Waals surface area contributed by atoms with Crippen LogP contribution in [0.25, 0.3) is 11.3 Å². The van der Waals surface area contributed by atoms with Crippen molar-refractivity contribution in [2.75, 3.05) is 18.6 Å². The number of hydrogen-bond donors (Lipinski definition) is 0. The first kappa shape index (κ1) is 25.1. The van der Waals surface area contributed by atoms with Crippen LogP contribution in [-0.4, -0.2) is 34.9 Å². The second-order valence-corrected chi connectivity index (χ2v) is 11.9. The van der Waals surface area contributed by atoms with Crippen molar-refractivity contribution < 1.29 is 18.6 Å². The first-order valence-electron chi connectivity index (χ1n) is 14.2. The normalized spacial score (nSPS) is 25.4. The van der Waals surface area contributed by atoms with E-state index in [0.717, 1.165) is 75.1 Å². The molecule has 0 N–H and O–H groups in total. The Kier molecular flexibility index (Phi) is 6.74. The van der Waals surface area contributed by atoms with Gasteiger partial charge in [-0.3, -0.25) is 4.79 Å². The highest BCUT2D eigenvalue weighted by Crippen LogP contribution is 2.58. The molecular formula is C30H38N4O4. The third-order valence-electron chi connectivity index (χ3n) is 9.51. The molecule has 0 saturated heterocycles. The number of hydrogen-bond acceptors (Lipinski definition) is 7. The predicted molar refractivity (Wildman–Crippen MR) is 143 cm³/mol. The summed E-state index contributed by atoms with van der Waals surface area (Å²) >= 11 is 0. The number of nitrogens with zero attached hydrogens (tertiary/aromatic N) is 4. The molecule has 4 fully saturated rings. The smallest absolute Gasteiger partial charge is 0.311 e. The molecule has 4 aliphatic rings. The van der Waals surface area contributed by atoms with Gasteiger partial charge in [0.1, 0.15) is 5.69 Å². The quantitative estimate of drug-likeness (QED) is 0.330. The van der Waals surface area contributed by atoms with E-state index >= 15 is 0 Å². The van der Waals surface area contributed by atoms with Gasteiger partial charge in [0.05, 0.1) is 13.2 Å². The van der Waals surface area contributed by atoms with E-state index in [-0.39, 0.29) is 16.7 Å². The molecule has 0 atom stereocenters. The Morgan fingerprint density at radius 1 is 1.03 bits per heavy atom. The molecule has 0 radical (unpaired) electrons. The molecule has 1 amide bonds. The Morgan fingerprint density at radius 2 is 1.79 bits per heavy atom. The fourth-order valence-corrected chi connectivity index (χ4v) is 7.06. The van der Waals surface area contributed by atoms with E-state index in [2.05, 4.69) is 32.3 Å². The number of fused-ring (bicyclic) bond motifs is 3. The molecule has 3 aromatic rings. The molecular weight excluding hydrogens is 480 g/mol. The molecule has 202 valence electrons. The Labute approximate surface area is 224 Å². The molecule has 8 heteroatoms. The number of aryl methyl sites for hydroxylation is 1. The van der Waals surface area contributed by atoms with Gasteiger partial charge in [0.2, 0.25) is 11.8 Å². The summed E-state index contributed by atoms with van der Waals surface area (Å²) < 4.78 is 16.1. The van der Waals surface area contributed by atoms with Gasteiger partial charge in [-0.05, 0) is 81.8 Å². The summed E-state index contributed by atoms with van der Waals surface area (Å²) in [6.45, 7) is 2.64. The number of carbonyl (C=O) groups is 1. The number of methoxy groups -OCH3 is 1. The maximum atomic E-state index is 14.0. The summed E-state index contributed by atoms with van der Waals surface area (Å²) in [6, 6.07) is 9.93.